The first kappa shape index (κ1) is 17.3. The zero-order valence-corrected chi connectivity index (χ0v) is 10.6. The molecule has 0 amide bonds. The number of carbonyl (C=O) groups is 2. The monoisotopic (exact) mass is 232 g/mol. The Labute approximate surface area is 98.0 Å². The molecule has 0 aliphatic heterocycles. The lowest BCUT2D eigenvalue weighted by Gasteiger charge is -1.97. The summed E-state index contributed by atoms with van der Waals surface area (Å²) in [5.41, 5.74) is 0. The predicted octanol–water partition coefficient (Wildman–Crippen LogP) is 3.00. The molecule has 0 radical (unpaired) electrons. The molecule has 0 aliphatic carbocycles. The molecular weight excluding hydrogens is 208 g/mol. The van der Waals surface area contributed by atoms with E-state index in [0.29, 0.717) is 6.61 Å². The zero-order chi connectivity index (χ0) is 12.8. The van der Waals surface area contributed by atoms with Crippen LogP contribution in [0.3, 0.4) is 0 Å². The number of carbonyl (C=O) groups excluding carboxylic acids is 1. The van der Waals surface area contributed by atoms with Gasteiger partial charge in [-0.15, -0.1) is 0 Å². The number of hydrogen-bond donors (Lipinski definition) is 1. The van der Waals surface area contributed by atoms with E-state index >= 15 is 0 Å². The van der Waals surface area contributed by atoms with Crippen molar-refractivity contribution in [2.75, 3.05) is 6.61 Å². The molecule has 0 fully saturated rings. The number of carboxylic acids is 1. The number of hydrogen-bond acceptors (Lipinski definition) is 3. The smallest absolute Gasteiger partial charge is 0.306 e. The van der Waals surface area contributed by atoms with Crippen molar-refractivity contribution in [3.05, 3.63) is 0 Å². The summed E-state index contributed by atoms with van der Waals surface area (Å²) in [6, 6.07) is 0. The average Bonchev–Trinajstić information content (AvgIpc) is 2.25. The van der Waals surface area contributed by atoms with Gasteiger partial charge in [-0.05, 0) is 6.92 Å². The molecule has 96 valence electrons. The van der Waals surface area contributed by atoms with Crippen LogP contribution in [0, 0.1) is 0 Å². The maximum Gasteiger partial charge on any atom is 0.306 e. The normalized spacial score (nSPS) is 8.94. The van der Waals surface area contributed by atoms with Crippen LogP contribution in [0.2, 0.25) is 0 Å². The van der Waals surface area contributed by atoms with E-state index in [2.05, 4.69) is 18.6 Å². The summed E-state index contributed by atoms with van der Waals surface area (Å²) in [5, 5.41) is 8.12. The Morgan fingerprint density at radius 1 is 1.00 bits per heavy atom. The number of carboxylic acid groups (broad SMARTS) is 1. The van der Waals surface area contributed by atoms with Crippen LogP contribution in [-0.4, -0.2) is 23.7 Å². The highest BCUT2D eigenvalue weighted by molar-refractivity contribution is 5.76. The summed E-state index contributed by atoms with van der Waals surface area (Å²) in [5.74, 6) is -1.43. The molecule has 0 rings (SSSR count). The number of aliphatic carboxylic acids is 1. The maximum atomic E-state index is 10.5. The summed E-state index contributed by atoms with van der Waals surface area (Å²) in [4.78, 5) is 20.4. The summed E-state index contributed by atoms with van der Waals surface area (Å²) in [6.07, 6.45) is 5.34. The van der Waals surface area contributed by atoms with Crippen molar-refractivity contribution < 1.29 is 19.4 Å². The molecule has 0 saturated carbocycles. The summed E-state index contributed by atoms with van der Waals surface area (Å²) in [6.45, 7) is 6.45. The molecular formula is C12H24O4. The Morgan fingerprint density at radius 3 is 1.81 bits per heavy atom. The lowest BCUT2D eigenvalue weighted by molar-refractivity contribution is -0.147. The summed E-state index contributed by atoms with van der Waals surface area (Å²) < 4.78 is 4.49. The fourth-order valence-corrected chi connectivity index (χ4v) is 0.942. The molecule has 0 saturated heterocycles. The Balaban J connectivity index is 0. The maximum absolute atomic E-state index is 10.5. The predicted molar refractivity (Wildman–Crippen MR) is 63.3 cm³/mol. The fourth-order valence-electron chi connectivity index (χ4n) is 0.942. The second kappa shape index (κ2) is 13.9. The average molecular weight is 232 g/mol. The molecule has 4 heteroatoms. The fraction of sp³-hybridized carbons (Fsp3) is 0.833. The van der Waals surface area contributed by atoms with E-state index in [1.54, 1.807) is 6.92 Å². The van der Waals surface area contributed by atoms with Crippen molar-refractivity contribution in [2.24, 2.45) is 0 Å². The largest absolute Gasteiger partial charge is 0.481 e. The van der Waals surface area contributed by atoms with E-state index in [1.807, 2.05) is 0 Å². The lowest BCUT2D eigenvalue weighted by atomic mass is 10.2. The topological polar surface area (TPSA) is 63.6 Å². The van der Waals surface area contributed by atoms with Gasteiger partial charge in [0.25, 0.3) is 0 Å². The van der Waals surface area contributed by atoms with Crippen LogP contribution in [0.5, 0.6) is 0 Å². The van der Waals surface area contributed by atoms with Gasteiger partial charge in [-0.1, -0.05) is 39.5 Å². The van der Waals surface area contributed by atoms with Crippen molar-refractivity contribution in [3.8, 4) is 0 Å². The van der Waals surface area contributed by atoms with Crippen LogP contribution in [0.25, 0.3) is 0 Å². The Kier molecular flexibility index (Phi) is 15.1. The van der Waals surface area contributed by atoms with Gasteiger partial charge in [0.1, 0.15) is 0 Å². The third-order valence-electron chi connectivity index (χ3n) is 1.81. The number of esters is 1. The molecule has 16 heavy (non-hydrogen) atoms. The van der Waals surface area contributed by atoms with Crippen molar-refractivity contribution in [3.63, 3.8) is 0 Å². The van der Waals surface area contributed by atoms with E-state index in [0.717, 1.165) is 0 Å². The minimum absolute atomic E-state index is 0.0385. The molecule has 0 unspecified atom stereocenters. The van der Waals surface area contributed by atoms with Crippen LogP contribution in [-0.2, 0) is 14.3 Å². The molecule has 0 spiro atoms. The van der Waals surface area contributed by atoms with Crippen LogP contribution in [0.4, 0.5) is 0 Å². The molecule has 0 heterocycles. The molecule has 0 bridgehead atoms. The van der Waals surface area contributed by atoms with E-state index in [-0.39, 0.29) is 12.8 Å². The van der Waals surface area contributed by atoms with Gasteiger partial charge in [-0.2, -0.15) is 0 Å². The van der Waals surface area contributed by atoms with Gasteiger partial charge in [0.15, 0.2) is 0 Å². The second-order valence-corrected chi connectivity index (χ2v) is 3.41. The SMILES string of the molecule is CCCCCC.CCOC(=O)CCC(=O)O. The molecule has 0 atom stereocenters. The van der Waals surface area contributed by atoms with E-state index in [9.17, 15) is 9.59 Å². The van der Waals surface area contributed by atoms with Gasteiger partial charge in [0, 0.05) is 0 Å². The Bertz CT molecular complexity index is 174. The first-order chi connectivity index (χ1) is 7.58. The van der Waals surface area contributed by atoms with Crippen LogP contribution in [0.1, 0.15) is 59.3 Å². The number of rotatable bonds is 7. The quantitative estimate of drug-likeness (QED) is 0.541. The molecule has 0 aromatic rings. The molecule has 4 nitrogen and oxygen atoms in total. The van der Waals surface area contributed by atoms with Gasteiger partial charge in [0.05, 0.1) is 19.4 Å². The molecule has 0 aliphatic rings. The summed E-state index contributed by atoms with van der Waals surface area (Å²) in [7, 11) is 0. The van der Waals surface area contributed by atoms with E-state index < -0.39 is 11.9 Å². The van der Waals surface area contributed by atoms with Crippen molar-refractivity contribution in [1.82, 2.24) is 0 Å². The molecule has 0 aromatic heterocycles. The number of ether oxygens (including phenoxy) is 1. The third kappa shape index (κ3) is 18.7. The highest BCUT2D eigenvalue weighted by Crippen LogP contribution is 1.95. The standard InChI is InChI=1S/C6H10O4.C6H14/c1-2-10-6(9)4-3-5(7)8;1-3-5-6-4-2/h2-4H2,1H3,(H,7,8);3-6H2,1-2H3. The van der Waals surface area contributed by atoms with Crippen LogP contribution >= 0.6 is 0 Å². The first-order valence-corrected chi connectivity index (χ1v) is 5.95. The van der Waals surface area contributed by atoms with Crippen LogP contribution < -0.4 is 0 Å². The Morgan fingerprint density at radius 2 is 1.50 bits per heavy atom. The summed E-state index contributed by atoms with van der Waals surface area (Å²) >= 11 is 0. The lowest BCUT2D eigenvalue weighted by Crippen LogP contribution is -2.06. The zero-order valence-electron chi connectivity index (χ0n) is 10.6. The second-order valence-electron chi connectivity index (χ2n) is 3.41. The van der Waals surface area contributed by atoms with Gasteiger partial charge in [0.2, 0.25) is 0 Å². The number of unbranched alkanes of at least 4 members (excludes halogenated alkanes) is 3. The van der Waals surface area contributed by atoms with Gasteiger partial charge >= 0.3 is 11.9 Å². The minimum Gasteiger partial charge on any atom is -0.481 e. The van der Waals surface area contributed by atoms with Crippen LogP contribution in [0.15, 0.2) is 0 Å². The highest BCUT2D eigenvalue weighted by Gasteiger charge is 2.04. The molecule has 0 aromatic carbocycles. The van der Waals surface area contributed by atoms with Gasteiger partial charge in [-0.25, -0.2) is 0 Å². The minimum atomic E-state index is -0.979. The van der Waals surface area contributed by atoms with Gasteiger partial charge in [-0.3, -0.25) is 9.59 Å². The third-order valence-corrected chi connectivity index (χ3v) is 1.81. The highest BCUT2D eigenvalue weighted by atomic mass is 16.5. The van der Waals surface area contributed by atoms with Gasteiger partial charge < -0.3 is 9.84 Å². The van der Waals surface area contributed by atoms with E-state index in [4.69, 9.17) is 5.11 Å². The van der Waals surface area contributed by atoms with E-state index in [1.165, 1.54) is 25.7 Å². The van der Waals surface area contributed by atoms with Crippen molar-refractivity contribution in [1.29, 1.82) is 0 Å². The van der Waals surface area contributed by atoms with Crippen molar-refractivity contribution in [2.45, 2.75) is 59.3 Å². The first-order valence-electron chi connectivity index (χ1n) is 5.95. The Hall–Kier alpha value is -1.06. The van der Waals surface area contributed by atoms with Crippen molar-refractivity contribution >= 4 is 11.9 Å². The molecule has 1 N–H and O–H groups in total.